The van der Waals surface area contributed by atoms with E-state index in [0.717, 1.165) is 6.04 Å². The van der Waals surface area contributed by atoms with Crippen LogP contribution >= 0.6 is 0 Å². The molecule has 0 aromatic carbocycles. The van der Waals surface area contributed by atoms with Gasteiger partial charge in [-0.3, -0.25) is 0 Å². The third-order valence-electron chi connectivity index (χ3n) is 3.12. The van der Waals surface area contributed by atoms with Crippen molar-refractivity contribution in [3.05, 3.63) is 0 Å². The molecule has 13 heavy (non-hydrogen) atoms. The molecule has 78 valence electrons. The van der Waals surface area contributed by atoms with Crippen LogP contribution in [0.3, 0.4) is 0 Å². The average Bonchev–Trinajstić information content (AvgIpc) is 1.94. The van der Waals surface area contributed by atoms with E-state index < -0.39 is 0 Å². The highest BCUT2D eigenvalue weighted by Crippen LogP contribution is 2.23. The van der Waals surface area contributed by atoms with E-state index in [4.69, 9.17) is 5.73 Å². The van der Waals surface area contributed by atoms with Crippen LogP contribution in [-0.2, 0) is 0 Å². The van der Waals surface area contributed by atoms with Gasteiger partial charge in [0, 0.05) is 12.1 Å². The Labute approximate surface area is 82.5 Å². The predicted octanol–water partition coefficient (Wildman–Crippen LogP) is 1.99. The van der Waals surface area contributed by atoms with Crippen LogP contribution in [0.1, 0.15) is 45.4 Å². The quantitative estimate of drug-likeness (QED) is 0.640. The highest BCUT2D eigenvalue weighted by atomic mass is 15.1. The molecule has 1 atom stereocenters. The second-order valence-electron chi connectivity index (χ2n) is 4.54. The van der Waals surface area contributed by atoms with Crippen LogP contribution in [0.25, 0.3) is 0 Å². The molecule has 0 aliphatic heterocycles. The zero-order chi connectivity index (χ0) is 9.68. The molecule has 0 saturated heterocycles. The van der Waals surface area contributed by atoms with E-state index in [1.165, 1.54) is 45.1 Å². The van der Waals surface area contributed by atoms with Crippen LogP contribution in [0, 0.1) is 0 Å². The molecule has 0 aromatic heterocycles. The maximum absolute atomic E-state index is 5.69. The molecule has 0 radical (unpaired) electrons. The number of hydrogen-bond acceptors (Lipinski definition) is 2. The third kappa shape index (κ3) is 4.10. The molecule has 1 saturated carbocycles. The Hall–Kier alpha value is -0.0800. The Morgan fingerprint density at radius 3 is 2.54 bits per heavy atom. The summed E-state index contributed by atoms with van der Waals surface area (Å²) in [6, 6.07) is 1.28. The second kappa shape index (κ2) is 5.61. The summed E-state index contributed by atoms with van der Waals surface area (Å²) in [5.41, 5.74) is 5.69. The van der Waals surface area contributed by atoms with E-state index in [2.05, 4.69) is 18.9 Å². The van der Waals surface area contributed by atoms with Crippen LogP contribution < -0.4 is 5.73 Å². The summed E-state index contributed by atoms with van der Waals surface area (Å²) >= 11 is 0. The topological polar surface area (TPSA) is 29.3 Å². The molecule has 0 spiro atoms. The first kappa shape index (κ1) is 11.0. The number of nitrogens with zero attached hydrogens (tertiary/aromatic N) is 1. The molecule has 2 N–H and O–H groups in total. The molecule has 1 aliphatic rings. The largest absolute Gasteiger partial charge is 0.328 e. The van der Waals surface area contributed by atoms with E-state index in [1.54, 1.807) is 0 Å². The van der Waals surface area contributed by atoms with Crippen molar-refractivity contribution in [2.45, 2.75) is 57.5 Å². The van der Waals surface area contributed by atoms with E-state index in [-0.39, 0.29) is 0 Å². The van der Waals surface area contributed by atoms with Crippen molar-refractivity contribution in [3.8, 4) is 0 Å². The summed E-state index contributed by atoms with van der Waals surface area (Å²) < 4.78 is 0. The number of rotatable bonds is 6. The average molecular weight is 184 g/mol. The molecule has 2 heteroatoms. The van der Waals surface area contributed by atoms with Crippen molar-refractivity contribution in [2.75, 3.05) is 13.6 Å². The molecule has 0 bridgehead atoms. The molecule has 0 amide bonds. The lowest BCUT2D eigenvalue weighted by Gasteiger charge is -2.34. The Bertz CT molecular complexity index is 130. The summed E-state index contributed by atoms with van der Waals surface area (Å²) in [5, 5.41) is 0. The molecule has 1 aliphatic carbocycles. The minimum absolute atomic E-state index is 0.383. The Morgan fingerprint density at radius 2 is 2.08 bits per heavy atom. The lowest BCUT2D eigenvalue weighted by Crippen LogP contribution is -2.37. The van der Waals surface area contributed by atoms with E-state index in [0.29, 0.717) is 6.04 Å². The molecule has 1 fully saturated rings. The summed E-state index contributed by atoms with van der Waals surface area (Å²) in [6.07, 6.45) is 8.06. The first-order chi connectivity index (χ1) is 6.20. The SMILES string of the molecule is CC(N)CCCCN(C)C1CCC1. The van der Waals surface area contributed by atoms with Gasteiger partial charge in [-0.25, -0.2) is 0 Å². The zero-order valence-corrected chi connectivity index (χ0v) is 9.13. The van der Waals surface area contributed by atoms with Crippen molar-refractivity contribution in [1.82, 2.24) is 4.90 Å². The first-order valence-corrected chi connectivity index (χ1v) is 5.66. The Kier molecular flexibility index (Phi) is 4.74. The number of hydrogen-bond donors (Lipinski definition) is 1. The van der Waals surface area contributed by atoms with Crippen molar-refractivity contribution in [2.24, 2.45) is 5.73 Å². The molecule has 0 heterocycles. The smallest absolute Gasteiger partial charge is 0.00922 e. The standard InChI is InChI=1S/C11H24N2/c1-10(12)6-3-4-9-13(2)11-7-5-8-11/h10-11H,3-9,12H2,1-2H3. The lowest BCUT2D eigenvalue weighted by atomic mass is 9.92. The lowest BCUT2D eigenvalue weighted by molar-refractivity contribution is 0.157. The van der Waals surface area contributed by atoms with Crippen molar-refractivity contribution < 1.29 is 0 Å². The molecular formula is C11H24N2. The highest BCUT2D eigenvalue weighted by Gasteiger charge is 2.20. The summed E-state index contributed by atoms with van der Waals surface area (Å²) in [7, 11) is 2.26. The maximum atomic E-state index is 5.69. The predicted molar refractivity (Wildman–Crippen MR) is 57.8 cm³/mol. The van der Waals surface area contributed by atoms with Crippen LogP contribution in [0.5, 0.6) is 0 Å². The molecule has 1 rings (SSSR count). The monoisotopic (exact) mass is 184 g/mol. The second-order valence-corrected chi connectivity index (χ2v) is 4.54. The highest BCUT2D eigenvalue weighted by molar-refractivity contribution is 4.77. The fourth-order valence-electron chi connectivity index (χ4n) is 1.84. The fraction of sp³-hybridized carbons (Fsp3) is 1.00. The molecule has 1 unspecified atom stereocenters. The number of unbranched alkanes of at least 4 members (excludes halogenated alkanes) is 1. The van der Waals surface area contributed by atoms with E-state index in [9.17, 15) is 0 Å². The maximum Gasteiger partial charge on any atom is 0.00922 e. The van der Waals surface area contributed by atoms with Gasteiger partial charge in [-0.05, 0) is 46.2 Å². The van der Waals surface area contributed by atoms with Gasteiger partial charge in [0.2, 0.25) is 0 Å². The summed E-state index contributed by atoms with van der Waals surface area (Å²) in [6.45, 7) is 3.35. The van der Waals surface area contributed by atoms with Gasteiger partial charge in [-0.15, -0.1) is 0 Å². The van der Waals surface area contributed by atoms with Crippen LogP contribution in [-0.4, -0.2) is 30.6 Å². The van der Waals surface area contributed by atoms with Gasteiger partial charge in [0.05, 0.1) is 0 Å². The fourth-order valence-corrected chi connectivity index (χ4v) is 1.84. The van der Waals surface area contributed by atoms with Gasteiger partial charge in [0.1, 0.15) is 0 Å². The van der Waals surface area contributed by atoms with Gasteiger partial charge >= 0.3 is 0 Å². The summed E-state index contributed by atoms with van der Waals surface area (Å²) in [5.74, 6) is 0. The van der Waals surface area contributed by atoms with Gasteiger partial charge in [0.15, 0.2) is 0 Å². The number of nitrogens with two attached hydrogens (primary N) is 1. The molecule has 0 aromatic rings. The van der Waals surface area contributed by atoms with Crippen LogP contribution in [0.2, 0.25) is 0 Å². The van der Waals surface area contributed by atoms with Crippen molar-refractivity contribution in [3.63, 3.8) is 0 Å². The van der Waals surface area contributed by atoms with Gasteiger partial charge in [0.25, 0.3) is 0 Å². The van der Waals surface area contributed by atoms with Crippen molar-refractivity contribution >= 4 is 0 Å². The van der Waals surface area contributed by atoms with Gasteiger partial charge < -0.3 is 10.6 Å². The van der Waals surface area contributed by atoms with Crippen molar-refractivity contribution in [1.29, 1.82) is 0 Å². The van der Waals surface area contributed by atoms with Gasteiger partial charge in [-0.1, -0.05) is 12.8 Å². The molecule has 2 nitrogen and oxygen atoms in total. The Balaban J connectivity index is 1.92. The van der Waals surface area contributed by atoms with Crippen LogP contribution in [0.15, 0.2) is 0 Å². The van der Waals surface area contributed by atoms with E-state index >= 15 is 0 Å². The zero-order valence-electron chi connectivity index (χ0n) is 9.13. The van der Waals surface area contributed by atoms with E-state index in [1.807, 2.05) is 0 Å². The van der Waals surface area contributed by atoms with Gasteiger partial charge in [-0.2, -0.15) is 0 Å². The summed E-state index contributed by atoms with van der Waals surface area (Å²) in [4.78, 5) is 2.52. The molecular weight excluding hydrogens is 160 g/mol. The first-order valence-electron chi connectivity index (χ1n) is 5.66. The third-order valence-corrected chi connectivity index (χ3v) is 3.12. The van der Waals surface area contributed by atoms with Crippen LogP contribution in [0.4, 0.5) is 0 Å². The minimum Gasteiger partial charge on any atom is -0.328 e. The normalized spacial score (nSPS) is 20.3. The Morgan fingerprint density at radius 1 is 1.38 bits per heavy atom. The minimum atomic E-state index is 0.383.